The topological polar surface area (TPSA) is 67.6 Å². The predicted octanol–water partition coefficient (Wildman–Crippen LogP) is 3.19. The molecular formula is C23H19N3O2. The maximum absolute atomic E-state index is 13.4. The average molecular weight is 369 g/mol. The first-order valence-corrected chi connectivity index (χ1v) is 9.44. The van der Waals surface area contributed by atoms with E-state index in [1.807, 2.05) is 60.7 Å². The monoisotopic (exact) mass is 369 g/mol. The zero-order valence-electron chi connectivity index (χ0n) is 15.2. The first-order valence-electron chi connectivity index (χ1n) is 9.44. The summed E-state index contributed by atoms with van der Waals surface area (Å²) in [6.45, 7) is 0.668. The summed E-state index contributed by atoms with van der Waals surface area (Å²) in [5.74, 6) is -0.0892. The van der Waals surface area contributed by atoms with Crippen LogP contribution in [-0.4, -0.2) is 34.6 Å². The van der Waals surface area contributed by atoms with Gasteiger partial charge in [-0.2, -0.15) is 5.26 Å². The van der Waals surface area contributed by atoms with E-state index >= 15 is 0 Å². The van der Waals surface area contributed by atoms with Crippen LogP contribution in [0.25, 0.3) is 10.8 Å². The molecule has 138 valence electrons. The summed E-state index contributed by atoms with van der Waals surface area (Å²) < 4.78 is 0. The highest BCUT2D eigenvalue weighted by Crippen LogP contribution is 2.44. The van der Waals surface area contributed by atoms with Crippen LogP contribution < -0.4 is 4.90 Å². The van der Waals surface area contributed by atoms with Crippen LogP contribution >= 0.6 is 0 Å². The molecule has 2 aliphatic heterocycles. The molecule has 1 amide bonds. The van der Waals surface area contributed by atoms with Gasteiger partial charge in [-0.25, -0.2) is 0 Å². The number of hydrogen-bond donors (Lipinski definition) is 1. The minimum Gasteiger partial charge on any atom is -0.391 e. The van der Waals surface area contributed by atoms with Gasteiger partial charge >= 0.3 is 0 Å². The minimum absolute atomic E-state index is 0.0892. The third-order valence-electron chi connectivity index (χ3n) is 5.83. The zero-order chi connectivity index (χ0) is 19.3. The second-order valence-corrected chi connectivity index (χ2v) is 7.32. The number of carbonyl (C=O) groups excluding carboxylic acids is 1. The summed E-state index contributed by atoms with van der Waals surface area (Å²) in [5.41, 5.74) is 2.37. The molecule has 0 aliphatic carbocycles. The molecule has 28 heavy (non-hydrogen) atoms. The molecule has 0 radical (unpaired) electrons. The highest BCUT2D eigenvalue weighted by Gasteiger charge is 2.53. The maximum Gasteiger partial charge on any atom is 0.248 e. The molecule has 0 saturated carbocycles. The van der Waals surface area contributed by atoms with Crippen LogP contribution in [0.5, 0.6) is 0 Å². The number of carbonyl (C=O) groups is 1. The van der Waals surface area contributed by atoms with Crippen molar-refractivity contribution in [2.45, 2.75) is 24.7 Å². The fourth-order valence-corrected chi connectivity index (χ4v) is 4.60. The molecule has 3 aromatic carbocycles. The Kier molecular flexibility index (Phi) is 3.90. The fourth-order valence-electron chi connectivity index (χ4n) is 4.60. The standard InChI is InChI=1S/C23H19N3O2/c24-14-16-10-11-19(18-9-5-4-8-17(16)18)26-22(15-6-2-1-3-7-15)25-13-12-20(27)21(25)23(26)28/h1-11,20-22,27H,12-13H2/t20-,21-,22?/m0/s1. The SMILES string of the molecule is N#Cc1ccc(N2C(=O)[C@@H]3[C@@H](O)CCN3C2c2ccccc2)c2ccccc12. The Balaban J connectivity index is 1.73. The molecule has 2 saturated heterocycles. The molecule has 2 aliphatic rings. The number of anilines is 1. The molecule has 2 fully saturated rings. The summed E-state index contributed by atoms with van der Waals surface area (Å²) in [6, 6.07) is 22.9. The Bertz CT molecular complexity index is 1110. The number of amides is 1. The lowest BCUT2D eigenvalue weighted by Gasteiger charge is -2.30. The van der Waals surface area contributed by atoms with Crippen molar-refractivity contribution < 1.29 is 9.90 Å². The molecular weight excluding hydrogens is 350 g/mol. The Labute approximate surface area is 163 Å². The van der Waals surface area contributed by atoms with Gasteiger partial charge in [0.15, 0.2) is 0 Å². The van der Waals surface area contributed by atoms with Crippen LogP contribution in [0.15, 0.2) is 66.7 Å². The van der Waals surface area contributed by atoms with Crippen molar-refractivity contribution in [1.82, 2.24) is 4.90 Å². The molecule has 5 heteroatoms. The highest BCUT2D eigenvalue weighted by molar-refractivity contribution is 6.08. The van der Waals surface area contributed by atoms with Crippen LogP contribution in [0.1, 0.15) is 23.7 Å². The fraction of sp³-hybridized carbons (Fsp3) is 0.217. The van der Waals surface area contributed by atoms with Gasteiger partial charge in [0.25, 0.3) is 0 Å². The van der Waals surface area contributed by atoms with E-state index in [-0.39, 0.29) is 12.1 Å². The summed E-state index contributed by atoms with van der Waals surface area (Å²) in [7, 11) is 0. The van der Waals surface area contributed by atoms with E-state index in [0.29, 0.717) is 18.5 Å². The number of aliphatic hydroxyl groups is 1. The molecule has 3 atom stereocenters. The number of nitrogens with zero attached hydrogens (tertiary/aromatic N) is 3. The van der Waals surface area contributed by atoms with Gasteiger partial charge < -0.3 is 5.11 Å². The quantitative estimate of drug-likeness (QED) is 0.753. The number of hydrogen-bond acceptors (Lipinski definition) is 4. The lowest BCUT2D eigenvalue weighted by atomic mass is 10.0. The van der Waals surface area contributed by atoms with E-state index in [2.05, 4.69) is 11.0 Å². The van der Waals surface area contributed by atoms with E-state index in [4.69, 9.17) is 0 Å². The molecule has 5 nitrogen and oxygen atoms in total. The zero-order valence-corrected chi connectivity index (χ0v) is 15.2. The Morgan fingerprint density at radius 3 is 2.43 bits per heavy atom. The van der Waals surface area contributed by atoms with E-state index in [1.54, 1.807) is 11.0 Å². The number of nitriles is 1. The number of benzene rings is 3. The van der Waals surface area contributed by atoms with Gasteiger partial charge in [-0.3, -0.25) is 14.6 Å². The lowest BCUT2D eigenvalue weighted by Crippen LogP contribution is -2.36. The van der Waals surface area contributed by atoms with Crippen molar-refractivity contribution in [3.8, 4) is 6.07 Å². The molecule has 0 aromatic heterocycles. The number of rotatable bonds is 2. The van der Waals surface area contributed by atoms with E-state index in [9.17, 15) is 15.2 Å². The van der Waals surface area contributed by atoms with Gasteiger partial charge in [0, 0.05) is 17.3 Å². The summed E-state index contributed by atoms with van der Waals surface area (Å²) in [6.07, 6.45) is -0.331. The van der Waals surface area contributed by atoms with E-state index in [0.717, 1.165) is 22.0 Å². The molecule has 5 rings (SSSR count). The lowest BCUT2D eigenvalue weighted by molar-refractivity contribution is -0.121. The van der Waals surface area contributed by atoms with Crippen LogP contribution in [0.3, 0.4) is 0 Å². The predicted molar refractivity (Wildman–Crippen MR) is 106 cm³/mol. The summed E-state index contributed by atoms with van der Waals surface area (Å²) in [5, 5.41) is 21.6. The third-order valence-corrected chi connectivity index (χ3v) is 5.83. The van der Waals surface area contributed by atoms with E-state index in [1.165, 1.54) is 0 Å². The smallest absolute Gasteiger partial charge is 0.248 e. The van der Waals surface area contributed by atoms with Crippen molar-refractivity contribution in [3.05, 3.63) is 77.9 Å². The molecule has 1 N–H and O–H groups in total. The average Bonchev–Trinajstić information content (AvgIpc) is 3.26. The molecule has 3 aromatic rings. The van der Waals surface area contributed by atoms with Crippen LogP contribution in [0.4, 0.5) is 5.69 Å². The van der Waals surface area contributed by atoms with Crippen molar-refractivity contribution in [1.29, 1.82) is 5.26 Å². The van der Waals surface area contributed by atoms with Crippen molar-refractivity contribution in [2.24, 2.45) is 0 Å². The van der Waals surface area contributed by atoms with Crippen molar-refractivity contribution in [3.63, 3.8) is 0 Å². The van der Waals surface area contributed by atoms with Gasteiger partial charge in [0.2, 0.25) is 5.91 Å². The Hall–Kier alpha value is -3.20. The van der Waals surface area contributed by atoms with Crippen LogP contribution in [0.2, 0.25) is 0 Å². The minimum atomic E-state index is -0.659. The molecule has 2 heterocycles. The second-order valence-electron chi connectivity index (χ2n) is 7.32. The largest absolute Gasteiger partial charge is 0.391 e. The molecule has 0 spiro atoms. The summed E-state index contributed by atoms with van der Waals surface area (Å²) >= 11 is 0. The van der Waals surface area contributed by atoms with Gasteiger partial charge in [-0.15, -0.1) is 0 Å². The van der Waals surface area contributed by atoms with Crippen LogP contribution in [-0.2, 0) is 4.79 Å². The van der Waals surface area contributed by atoms with Gasteiger partial charge in [-0.05, 0) is 24.1 Å². The second kappa shape index (κ2) is 6.45. The Morgan fingerprint density at radius 2 is 1.68 bits per heavy atom. The first kappa shape index (κ1) is 16.9. The molecule has 1 unspecified atom stereocenters. The normalized spacial score (nSPS) is 24.5. The van der Waals surface area contributed by atoms with Crippen molar-refractivity contribution >= 4 is 22.4 Å². The Morgan fingerprint density at radius 1 is 0.964 bits per heavy atom. The van der Waals surface area contributed by atoms with Crippen molar-refractivity contribution in [2.75, 3.05) is 11.4 Å². The molecule has 0 bridgehead atoms. The number of aliphatic hydroxyl groups excluding tert-OH is 1. The highest BCUT2D eigenvalue weighted by atomic mass is 16.3. The summed E-state index contributed by atoms with van der Waals surface area (Å²) in [4.78, 5) is 17.3. The van der Waals surface area contributed by atoms with Gasteiger partial charge in [-0.1, -0.05) is 54.6 Å². The van der Waals surface area contributed by atoms with Gasteiger partial charge in [0.05, 0.1) is 23.4 Å². The van der Waals surface area contributed by atoms with E-state index < -0.39 is 12.1 Å². The number of fused-ring (bicyclic) bond motifs is 2. The van der Waals surface area contributed by atoms with Gasteiger partial charge in [0.1, 0.15) is 12.2 Å². The van der Waals surface area contributed by atoms with Crippen LogP contribution in [0, 0.1) is 11.3 Å². The first-order chi connectivity index (χ1) is 13.7. The third kappa shape index (κ3) is 2.36. The maximum atomic E-state index is 13.4.